The maximum Gasteiger partial charge on any atom is 0.409 e. The van der Waals surface area contributed by atoms with Gasteiger partial charge in [0.1, 0.15) is 0 Å². The Bertz CT molecular complexity index is 473. The standard InChI is InChI=1S/C16H23ClN2O2/c1-3-21-16(20)19-10-8-13(9-11-19)18-12(2)14-6-4-5-7-15(14)17/h4-7,12-13,18H,3,8-11H2,1-2H3. The molecule has 4 nitrogen and oxygen atoms in total. The topological polar surface area (TPSA) is 41.6 Å². The summed E-state index contributed by atoms with van der Waals surface area (Å²) in [6, 6.07) is 8.52. The molecule has 2 rings (SSSR count). The van der Waals surface area contributed by atoms with Gasteiger partial charge in [-0.05, 0) is 38.3 Å². The number of hydrogen-bond donors (Lipinski definition) is 1. The van der Waals surface area contributed by atoms with Crippen molar-refractivity contribution < 1.29 is 9.53 Å². The highest BCUT2D eigenvalue weighted by Gasteiger charge is 2.24. The lowest BCUT2D eigenvalue weighted by Crippen LogP contribution is -2.45. The lowest BCUT2D eigenvalue weighted by Gasteiger charge is -2.33. The Labute approximate surface area is 131 Å². The van der Waals surface area contributed by atoms with Gasteiger partial charge in [-0.3, -0.25) is 0 Å². The van der Waals surface area contributed by atoms with E-state index in [1.807, 2.05) is 31.2 Å². The highest BCUT2D eigenvalue weighted by Crippen LogP contribution is 2.24. The van der Waals surface area contributed by atoms with Gasteiger partial charge in [0.2, 0.25) is 0 Å². The Hall–Kier alpha value is -1.26. The fourth-order valence-electron chi connectivity index (χ4n) is 2.71. The number of amides is 1. The zero-order valence-corrected chi connectivity index (χ0v) is 13.4. The molecule has 0 aliphatic carbocycles. The summed E-state index contributed by atoms with van der Waals surface area (Å²) < 4.78 is 5.03. The second-order valence-corrected chi connectivity index (χ2v) is 5.78. The van der Waals surface area contributed by atoms with Crippen LogP contribution in [0.5, 0.6) is 0 Å². The van der Waals surface area contributed by atoms with Crippen molar-refractivity contribution in [1.82, 2.24) is 10.2 Å². The Morgan fingerprint density at radius 2 is 2.10 bits per heavy atom. The molecule has 0 radical (unpaired) electrons. The number of likely N-dealkylation sites (tertiary alicyclic amines) is 1. The van der Waals surface area contributed by atoms with Gasteiger partial charge in [0, 0.05) is 30.2 Å². The van der Waals surface area contributed by atoms with Crippen LogP contribution in [0.25, 0.3) is 0 Å². The third-order valence-electron chi connectivity index (χ3n) is 3.88. The van der Waals surface area contributed by atoms with Gasteiger partial charge in [0.25, 0.3) is 0 Å². The van der Waals surface area contributed by atoms with Crippen LogP contribution in [0.1, 0.15) is 38.3 Å². The molecule has 1 fully saturated rings. The lowest BCUT2D eigenvalue weighted by molar-refractivity contribution is 0.0944. The number of hydrogen-bond acceptors (Lipinski definition) is 3. The van der Waals surface area contributed by atoms with Crippen LogP contribution in [-0.4, -0.2) is 36.7 Å². The summed E-state index contributed by atoms with van der Waals surface area (Å²) in [6.07, 6.45) is 1.68. The first kappa shape index (κ1) is 16.1. The van der Waals surface area contributed by atoms with Crippen molar-refractivity contribution in [2.45, 2.75) is 38.8 Å². The molecule has 0 spiro atoms. The number of ether oxygens (including phenoxy) is 1. The van der Waals surface area contributed by atoms with Crippen LogP contribution < -0.4 is 5.32 Å². The molecular weight excluding hydrogens is 288 g/mol. The molecule has 1 atom stereocenters. The SMILES string of the molecule is CCOC(=O)N1CCC(NC(C)c2ccccc2Cl)CC1. The number of halogens is 1. The highest BCUT2D eigenvalue weighted by molar-refractivity contribution is 6.31. The molecule has 1 N–H and O–H groups in total. The van der Waals surface area contributed by atoms with Crippen LogP contribution in [0, 0.1) is 0 Å². The highest BCUT2D eigenvalue weighted by atomic mass is 35.5. The van der Waals surface area contributed by atoms with Crippen LogP contribution in [-0.2, 0) is 4.74 Å². The molecule has 0 aromatic heterocycles. The summed E-state index contributed by atoms with van der Waals surface area (Å²) >= 11 is 6.23. The number of piperidine rings is 1. The predicted octanol–water partition coefficient (Wildman–Crippen LogP) is 3.61. The Kier molecular flexibility index (Phi) is 5.88. The molecular formula is C16H23ClN2O2. The van der Waals surface area contributed by atoms with Crippen molar-refractivity contribution in [3.05, 3.63) is 34.9 Å². The second-order valence-electron chi connectivity index (χ2n) is 5.37. The van der Waals surface area contributed by atoms with E-state index in [-0.39, 0.29) is 12.1 Å². The van der Waals surface area contributed by atoms with E-state index in [0.29, 0.717) is 12.6 Å². The molecule has 1 aliphatic rings. The van der Waals surface area contributed by atoms with E-state index in [1.165, 1.54) is 0 Å². The molecule has 1 aliphatic heterocycles. The largest absolute Gasteiger partial charge is 0.450 e. The number of nitrogens with zero attached hydrogens (tertiary/aromatic N) is 1. The average molecular weight is 311 g/mol. The number of carbonyl (C=O) groups excluding carboxylic acids is 1. The molecule has 1 amide bonds. The summed E-state index contributed by atoms with van der Waals surface area (Å²) in [5.41, 5.74) is 1.12. The number of rotatable bonds is 4. The second kappa shape index (κ2) is 7.66. The van der Waals surface area contributed by atoms with Gasteiger partial charge >= 0.3 is 6.09 Å². The van der Waals surface area contributed by atoms with Gasteiger partial charge in [-0.25, -0.2) is 4.79 Å². The quantitative estimate of drug-likeness (QED) is 0.923. The molecule has 1 aromatic rings. The van der Waals surface area contributed by atoms with Crippen molar-refractivity contribution in [3.63, 3.8) is 0 Å². The van der Waals surface area contributed by atoms with Gasteiger partial charge in [0.15, 0.2) is 0 Å². The van der Waals surface area contributed by atoms with E-state index in [1.54, 1.807) is 4.90 Å². The fraction of sp³-hybridized carbons (Fsp3) is 0.562. The van der Waals surface area contributed by atoms with Gasteiger partial charge in [-0.1, -0.05) is 29.8 Å². The summed E-state index contributed by atoms with van der Waals surface area (Å²) in [5, 5.41) is 4.40. The summed E-state index contributed by atoms with van der Waals surface area (Å²) in [6.45, 7) is 5.87. The van der Waals surface area contributed by atoms with Crippen LogP contribution >= 0.6 is 11.6 Å². The summed E-state index contributed by atoms with van der Waals surface area (Å²) in [7, 11) is 0. The third-order valence-corrected chi connectivity index (χ3v) is 4.22. The molecule has 1 heterocycles. The molecule has 21 heavy (non-hydrogen) atoms. The van der Waals surface area contributed by atoms with E-state index < -0.39 is 0 Å². The normalized spacial score (nSPS) is 17.6. The smallest absolute Gasteiger partial charge is 0.409 e. The Balaban J connectivity index is 1.83. The zero-order valence-electron chi connectivity index (χ0n) is 12.6. The molecule has 0 saturated carbocycles. The van der Waals surface area contributed by atoms with Crippen molar-refractivity contribution in [1.29, 1.82) is 0 Å². The van der Waals surface area contributed by atoms with Gasteiger partial charge in [-0.15, -0.1) is 0 Å². The summed E-state index contributed by atoms with van der Waals surface area (Å²) in [5.74, 6) is 0. The maximum absolute atomic E-state index is 11.7. The van der Waals surface area contributed by atoms with Gasteiger partial charge in [0.05, 0.1) is 6.61 Å². The predicted molar refractivity (Wildman–Crippen MR) is 84.6 cm³/mol. The molecule has 1 aromatic carbocycles. The molecule has 5 heteroatoms. The van der Waals surface area contributed by atoms with Gasteiger partial charge in [-0.2, -0.15) is 0 Å². The van der Waals surface area contributed by atoms with E-state index >= 15 is 0 Å². The van der Waals surface area contributed by atoms with Crippen LogP contribution in [0.3, 0.4) is 0 Å². The minimum Gasteiger partial charge on any atom is -0.450 e. The molecule has 1 saturated heterocycles. The van der Waals surface area contributed by atoms with Crippen molar-refractivity contribution in [2.24, 2.45) is 0 Å². The molecule has 1 unspecified atom stereocenters. The van der Waals surface area contributed by atoms with E-state index in [0.717, 1.165) is 36.5 Å². The van der Waals surface area contributed by atoms with E-state index in [9.17, 15) is 4.79 Å². The van der Waals surface area contributed by atoms with E-state index in [2.05, 4.69) is 12.2 Å². The van der Waals surface area contributed by atoms with Crippen LogP contribution in [0.4, 0.5) is 4.79 Å². The fourth-order valence-corrected chi connectivity index (χ4v) is 3.01. The van der Waals surface area contributed by atoms with Crippen LogP contribution in [0.2, 0.25) is 5.02 Å². The maximum atomic E-state index is 11.7. The van der Waals surface area contributed by atoms with Crippen molar-refractivity contribution in [3.8, 4) is 0 Å². The lowest BCUT2D eigenvalue weighted by atomic mass is 10.0. The first-order valence-corrected chi connectivity index (χ1v) is 7.91. The zero-order chi connectivity index (χ0) is 15.2. The minimum absolute atomic E-state index is 0.199. The minimum atomic E-state index is -0.199. The summed E-state index contributed by atoms with van der Waals surface area (Å²) in [4.78, 5) is 13.4. The first-order chi connectivity index (χ1) is 10.1. The van der Waals surface area contributed by atoms with Crippen molar-refractivity contribution >= 4 is 17.7 Å². The molecule has 116 valence electrons. The van der Waals surface area contributed by atoms with Gasteiger partial charge < -0.3 is 15.0 Å². The van der Waals surface area contributed by atoms with Crippen molar-refractivity contribution in [2.75, 3.05) is 19.7 Å². The number of carbonyl (C=O) groups is 1. The Morgan fingerprint density at radius 1 is 1.43 bits per heavy atom. The van der Waals surface area contributed by atoms with E-state index in [4.69, 9.17) is 16.3 Å². The monoisotopic (exact) mass is 310 g/mol. The number of nitrogens with one attached hydrogen (secondary N) is 1. The first-order valence-electron chi connectivity index (χ1n) is 7.54. The number of benzene rings is 1. The third kappa shape index (κ3) is 4.35. The Morgan fingerprint density at radius 3 is 2.71 bits per heavy atom. The average Bonchev–Trinajstić information content (AvgIpc) is 2.48. The van der Waals surface area contributed by atoms with Crippen LogP contribution in [0.15, 0.2) is 24.3 Å². The molecule has 0 bridgehead atoms.